The molecule has 0 spiro atoms. The molecule has 0 aliphatic rings. The molecule has 0 saturated carbocycles. The minimum Gasteiger partial charge on any atom is -0.456 e. The number of hydrogen-bond donors (Lipinski definition) is 0. The second kappa shape index (κ2) is 9.30. The second-order valence-electron chi connectivity index (χ2n) is 9.86. The lowest BCUT2D eigenvalue weighted by atomic mass is 10.0. The van der Waals surface area contributed by atoms with E-state index in [1.54, 1.807) is 11.3 Å². The van der Waals surface area contributed by atoms with Crippen molar-refractivity contribution in [3.8, 4) is 44.3 Å². The van der Waals surface area contributed by atoms with Crippen LogP contribution in [0.3, 0.4) is 0 Å². The number of aromatic nitrogens is 2. The SMILES string of the molecule is c1ccc(-c2ccc(-c3cc(-c4ccc5oc6ccccc6c5c4)nc(-c4cc5ccccc5s4)n3)cc2)cc1. The van der Waals surface area contributed by atoms with Crippen LogP contribution in [0.4, 0.5) is 0 Å². The largest absolute Gasteiger partial charge is 0.456 e. The summed E-state index contributed by atoms with van der Waals surface area (Å²) in [6.07, 6.45) is 0. The molecule has 5 aromatic carbocycles. The topological polar surface area (TPSA) is 38.9 Å². The van der Waals surface area contributed by atoms with E-state index in [0.29, 0.717) is 0 Å². The van der Waals surface area contributed by atoms with Crippen molar-refractivity contribution in [3.05, 3.63) is 133 Å². The van der Waals surface area contributed by atoms with Gasteiger partial charge >= 0.3 is 0 Å². The molecule has 0 radical (unpaired) electrons. The lowest BCUT2D eigenvalue weighted by Gasteiger charge is -2.09. The van der Waals surface area contributed by atoms with Crippen LogP contribution in [0.5, 0.6) is 0 Å². The zero-order valence-electron chi connectivity index (χ0n) is 21.4. The van der Waals surface area contributed by atoms with Gasteiger partial charge in [-0.2, -0.15) is 0 Å². The average molecular weight is 531 g/mol. The van der Waals surface area contributed by atoms with E-state index in [0.717, 1.165) is 55.2 Å². The molecule has 0 atom stereocenters. The fourth-order valence-corrected chi connectivity index (χ4v) is 6.29. The number of benzene rings is 5. The average Bonchev–Trinajstić information content (AvgIpc) is 3.63. The maximum Gasteiger partial charge on any atom is 0.170 e. The van der Waals surface area contributed by atoms with Gasteiger partial charge in [-0.25, -0.2) is 9.97 Å². The maximum absolute atomic E-state index is 6.08. The molecule has 188 valence electrons. The van der Waals surface area contributed by atoms with Gasteiger partial charge < -0.3 is 4.42 Å². The van der Waals surface area contributed by atoms with Gasteiger partial charge in [0.05, 0.1) is 16.3 Å². The van der Waals surface area contributed by atoms with Crippen molar-refractivity contribution in [1.82, 2.24) is 9.97 Å². The van der Waals surface area contributed by atoms with Crippen molar-refractivity contribution in [2.45, 2.75) is 0 Å². The minimum atomic E-state index is 0.734. The first-order valence-electron chi connectivity index (χ1n) is 13.2. The number of rotatable bonds is 4. The molecule has 0 aliphatic carbocycles. The van der Waals surface area contributed by atoms with E-state index >= 15 is 0 Å². The van der Waals surface area contributed by atoms with Gasteiger partial charge in [0.25, 0.3) is 0 Å². The van der Waals surface area contributed by atoms with Crippen LogP contribution >= 0.6 is 11.3 Å². The monoisotopic (exact) mass is 530 g/mol. The predicted octanol–water partition coefficient (Wildman–Crippen LogP) is 10.3. The van der Waals surface area contributed by atoms with Crippen LogP contribution in [-0.2, 0) is 0 Å². The summed E-state index contributed by atoms with van der Waals surface area (Å²) in [5, 5.41) is 3.40. The van der Waals surface area contributed by atoms with Crippen LogP contribution in [0, 0.1) is 0 Å². The summed E-state index contributed by atoms with van der Waals surface area (Å²) in [6.45, 7) is 0. The van der Waals surface area contributed by atoms with Gasteiger partial charge in [-0.3, -0.25) is 0 Å². The highest BCUT2D eigenvalue weighted by molar-refractivity contribution is 7.22. The Morgan fingerprint density at radius 2 is 1.12 bits per heavy atom. The van der Waals surface area contributed by atoms with E-state index < -0.39 is 0 Å². The van der Waals surface area contributed by atoms with Crippen molar-refractivity contribution >= 4 is 43.4 Å². The minimum absolute atomic E-state index is 0.734. The molecule has 0 N–H and O–H groups in total. The summed E-state index contributed by atoms with van der Waals surface area (Å²) in [6, 6.07) is 46.2. The van der Waals surface area contributed by atoms with Crippen molar-refractivity contribution in [1.29, 1.82) is 0 Å². The molecule has 0 amide bonds. The summed E-state index contributed by atoms with van der Waals surface area (Å²) in [5.41, 5.74) is 8.02. The van der Waals surface area contributed by atoms with E-state index in [9.17, 15) is 0 Å². The zero-order chi connectivity index (χ0) is 26.5. The summed E-state index contributed by atoms with van der Waals surface area (Å²) < 4.78 is 7.31. The third kappa shape index (κ3) is 3.98. The first-order chi connectivity index (χ1) is 19.8. The van der Waals surface area contributed by atoms with Crippen LogP contribution < -0.4 is 0 Å². The highest BCUT2D eigenvalue weighted by Crippen LogP contribution is 2.36. The van der Waals surface area contributed by atoms with Gasteiger partial charge in [-0.15, -0.1) is 11.3 Å². The van der Waals surface area contributed by atoms with E-state index in [4.69, 9.17) is 14.4 Å². The normalized spacial score (nSPS) is 11.5. The third-order valence-corrected chi connectivity index (χ3v) is 8.44. The molecule has 0 bridgehead atoms. The van der Waals surface area contributed by atoms with E-state index in [2.05, 4.69) is 103 Å². The second-order valence-corrected chi connectivity index (χ2v) is 10.9. The number of thiophene rings is 1. The van der Waals surface area contributed by atoms with Crippen LogP contribution in [0.25, 0.3) is 76.4 Å². The number of fused-ring (bicyclic) bond motifs is 4. The smallest absolute Gasteiger partial charge is 0.170 e. The number of nitrogens with zero attached hydrogens (tertiary/aromatic N) is 2. The molecule has 3 nitrogen and oxygen atoms in total. The molecule has 0 fully saturated rings. The standard InChI is InChI=1S/C36H22N2OS/c1-2-8-23(9-3-1)24-14-16-25(17-15-24)30-22-31(38-36(37-30)35-21-27-10-4-7-13-34(27)40-35)26-18-19-33-29(20-26)28-11-5-6-12-32(28)39-33/h1-22H. The van der Waals surface area contributed by atoms with Crippen LogP contribution in [0.2, 0.25) is 0 Å². The molecule has 3 heterocycles. The molecule has 4 heteroatoms. The maximum atomic E-state index is 6.08. The van der Waals surface area contributed by atoms with E-state index in [-0.39, 0.29) is 0 Å². The molecule has 0 saturated heterocycles. The van der Waals surface area contributed by atoms with Crippen molar-refractivity contribution in [2.75, 3.05) is 0 Å². The van der Waals surface area contributed by atoms with Gasteiger partial charge in [0.15, 0.2) is 5.82 Å². The molecule has 40 heavy (non-hydrogen) atoms. The van der Waals surface area contributed by atoms with E-state index in [1.165, 1.54) is 21.2 Å². The fourth-order valence-electron chi connectivity index (χ4n) is 5.29. The molecule has 3 aromatic heterocycles. The van der Waals surface area contributed by atoms with Crippen molar-refractivity contribution in [3.63, 3.8) is 0 Å². The van der Waals surface area contributed by atoms with Gasteiger partial charge in [0.1, 0.15) is 11.2 Å². The summed E-state index contributed by atoms with van der Waals surface area (Å²) in [4.78, 5) is 11.2. The highest BCUT2D eigenvalue weighted by atomic mass is 32.1. The van der Waals surface area contributed by atoms with Gasteiger partial charge in [-0.05, 0) is 59.0 Å². The predicted molar refractivity (Wildman–Crippen MR) is 166 cm³/mol. The third-order valence-electron chi connectivity index (χ3n) is 7.33. The lowest BCUT2D eigenvalue weighted by Crippen LogP contribution is -1.95. The van der Waals surface area contributed by atoms with Crippen LogP contribution in [-0.4, -0.2) is 9.97 Å². The zero-order valence-corrected chi connectivity index (χ0v) is 22.2. The fraction of sp³-hybridized carbons (Fsp3) is 0. The Balaban J connectivity index is 1.29. The summed E-state index contributed by atoms with van der Waals surface area (Å²) in [7, 11) is 0. The quantitative estimate of drug-likeness (QED) is 0.227. The van der Waals surface area contributed by atoms with Crippen molar-refractivity contribution < 1.29 is 4.42 Å². The van der Waals surface area contributed by atoms with Gasteiger partial charge in [0.2, 0.25) is 0 Å². The van der Waals surface area contributed by atoms with Crippen LogP contribution in [0.1, 0.15) is 0 Å². The molecular weight excluding hydrogens is 508 g/mol. The van der Waals surface area contributed by atoms with Crippen molar-refractivity contribution in [2.24, 2.45) is 0 Å². The Hall–Kier alpha value is -5.06. The Morgan fingerprint density at radius 3 is 1.98 bits per heavy atom. The first-order valence-corrected chi connectivity index (χ1v) is 14.1. The first kappa shape index (κ1) is 22.9. The number of hydrogen-bond acceptors (Lipinski definition) is 4. The Bertz CT molecular complexity index is 2120. The molecule has 8 rings (SSSR count). The van der Waals surface area contributed by atoms with Gasteiger partial charge in [0, 0.05) is 26.6 Å². The Labute approximate surface area is 235 Å². The van der Waals surface area contributed by atoms with Gasteiger partial charge in [-0.1, -0.05) is 91.0 Å². The Kier molecular flexibility index (Phi) is 5.32. The van der Waals surface area contributed by atoms with E-state index in [1.807, 2.05) is 30.3 Å². The summed E-state index contributed by atoms with van der Waals surface area (Å²) in [5.74, 6) is 0.734. The van der Waals surface area contributed by atoms with Crippen LogP contribution in [0.15, 0.2) is 138 Å². The molecule has 0 unspecified atom stereocenters. The Morgan fingerprint density at radius 1 is 0.475 bits per heavy atom. The highest BCUT2D eigenvalue weighted by Gasteiger charge is 2.15. The number of furan rings is 1. The lowest BCUT2D eigenvalue weighted by molar-refractivity contribution is 0.669. The number of para-hydroxylation sites is 1. The summed E-state index contributed by atoms with van der Waals surface area (Å²) >= 11 is 1.72. The molecule has 0 aliphatic heterocycles. The molecule has 8 aromatic rings. The molecular formula is C36H22N2OS.